The van der Waals surface area contributed by atoms with E-state index in [-0.39, 0.29) is 24.1 Å². The third-order valence-electron chi connectivity index (χ3n) is 7.23. The summed E-state index contributed by atoms with van der Waals surface area (Å²) in [7, 11) is 2.02. The lowest BCUT2D eigenvalue weighted by Gasteiger charge is -2.37. The van der Waals surface area contributed by atoms with Crippen LogP contribution < -0.4 is 26.2 Å². The minimum absolute atomic E-state index is 0.0124. The van der Waals surface area contributed by atoms with Crippen LogP contribution in [0.2, 0.25) is 0 Å². The highest BCUT2D eigenvalue weighted by Crippen LogP contribution is 2.33. The predicted molar refractivity (Wildman–Crippen MR) is 133 cm³/mol. The molecule has 1 atom stereocenters. The fourth-order valence-electron chi connectivity index (χ4n) is 5.16. The minimum atomic E-state index is -0.201. The Morgan fingerprint density at radius 1 is 1.20 bits per heavy atom. The highest BCUT2D eigenvalue weighted by Gasteiger charge is 2.29. The van der Waals surface area contributed by atoms with Crippen molar-refractivity contribution in [1.29, 1.82) is 5.26 Å². The summed E-state index contributed by atoms with van der Waals surface area (Å²) in [5.41, 5.74) is 7.79. The molecule has 1 amide bonds. The van der Waals surface area contributed by atoms with Gasteiger partial charge in [-0.2, -0.15) is 5.26 Å². The Balaban J connectivity index is 1.25. The predicted octanol–water partition coefficient (Wildman–Crippen LogP) is 2.62. The SMILES string of the molecule is CN(c1ccc2c(n1)NC(=O)CO2)C1CCC(C(N)Cn2c(=O)ccc3ccc(C#N)cc32)CC1. The topological polar surface area (TPSA) is 126 Å². The third kappa shape index (κ3) is 4.57. The van der Waals surface area contributed by atoms with Crippen LogP contribution in [0.1, 0.15) is 31.2 Å². The number of nitrogens with zero attached hydrogens (tertiary/aromatic N) is 4. The van der Waals surface area contributed by atoms with E-state index in [1.54, 1.807) is 28.8 Å². The Kier molecular flexibility index (Phi) is 6.14. The van der Waals surface area contributed by atoms with Crippen LogP contribution in [0.15, 0.2) is 47.3 Å². The summed E-state index contributed by atoms with van der Waals surface area (Å²) in [5.74, 6) is 1.93. The summed E-state index contributed by atoms with van der Waals surface area (Å²) < 4.78 is 7.11. The molecular formula is C26H28N6O3. The average Bonchev–Trinajstić information content (AvgIpc) is 2.89. The van der Waals surface area contributed by atoms with Gasteiger partial charge in [-0.15, -0.1) is 0 Å². The largest absolute Gasteiger partial charge is 0.480 e. The maximum Gasteiger partial charge on any atom is 0.263 e. The van der Waals surface area contributed by atoms with Crippen molar-refractivity contribution in [2.45, 2.75) is 44.3 Å². The van der Waals surface area contributed by atoms with Crippen LogP contribution in [0, 0.1) is 17.2 Å². The van der Waals surface area contributed by atoms with Gasteiger partial charge in [0.1, 0.15) is 5.82 Å². The lowest BCUT2D eigenvalue weighted by Crippen LogP contribution is -2.43. The molecule has 1 aliphatic carbocycles. The standard InChI is InChI=1S/C26H28N6O3/c1-31(23-10-9-22-26(29-23)30-24(33)15-35-22)19-7-4-17(5-8-19)20(28)14-32-21-12-16(13-27)2-3-18(21)6-11-25(32)34/h2-3,6,9-12,17,19-20H,4-5,7-8,14-15,28H2,1H3,(H,29,30,33). The molecule has 1 fully saturated rings. The molecular weight excluding hydrogens is 444 g/mol. The summed E-state index contributed by atoms with van der Waals surface area (Å²) in [6.45, 7) is 0.431. The van der Waals surface area contributed by atoms with Crippen LogP contribution in [0.25, 0.3) is 10.9 Å². The molecule has 1 saturated carbocycles. The summed E-state index contributed by atoms with van der Waals surface area (Å²) in [6.07, 6.45) is 3.81. The summed E-state index contributed by atoms with van der Waals surface area (Å²) >= 11 is 0. The highest BCUT2D eigenvalue weighted by atomic mass is 16.5. The van der Waals surface area contributed by atoms with Crippen molar-refractivity contribution >= 4 is 28.4 Å². The number of nitrogens with two attached hydrogens (primary N) is 1. The Labute approximate surface area is 203 Å². The Bertz CT molecular complexity index is 1370. The van der Waals surface area contributed by atoms with E-state index >= 15 is 0 Å². The van der Waals surface area contributed by atoms with E-state index in [0.29, 0.717) is 35.6 Å². The molecule has 9 heteroatoms. The van der Waals surface area contributed by atoms with Crippen LogP contribution >= 0.6 is 0 Å². The molecule has 0 spiro atoms. The molecule has 9 nitrogen and oxygen atoms in total. The highest BCUT2D eigenvalue weighted by molar-refractivity contribution is 5.94. The van der Waals surface area contributed by atoms with Crippen molar-refractivity contribution in [3.63, 3.8) is 0 Å². The van der Waals surface area contributed by atoms with Crippen LogP contribution in [0.4, 0.5) is 11.6 Å². The number of amides is 1. The molecule has 35 heavy (non-hydrogen) atoms. The molecule has 180 valence electrons. The molecule has 0 radical (unpaired) electrons. The van der Waals surface area contributed by atoms with Crippen LogP contribution in [-0.2, 0) is 11.3 Å². The van der Waals surface area contributed by atoms with Crippen molar-refractivity contribution in [2.75, 3.05) is 23.9 Å². The Morgan fingerprint density at radius 2 is 1.97 bits per heavy atom. The van der Waals surface area contributed by atoms with Gasteiger partial charge in [0.05, 0.1) is 17.1 Å². The first-order valence-corrected chi connectivity index (χ1v) is 11.9. The van der Waals surface area contributed by atoms with Crippen molar-refractivity contribution in [1.82, 2.24) is 9.55 Å². The van der Waals surface area contributed by atoms with E-state index in [1.165, 1.54) is 0 Å². The first-order chi connectivity index (χ1) is 16.9. The van der Waals surface area contributed by atoms with Gasteiger partial charge in [0.25, 0.3) is 11.5 Å². The number of carbonyl (C=O) groups excluding carboxylic acids is 1. The van der Waals surface area contributed by atoms with Crippen LogP contribution in [-0.4, -0.2) is 41.2 Å². The number of anilines is 2. The van der Waals surface area contributed by atoms with Crippen molar-refractivity contribution < 1.29 is 9.53 Å². The van der Waals surface area contributed by atoms with Gasteiger partial charge in [-0.05, 0) is 67.3 Å². The van der Waals surface area contributed by atoms with Gasteiger partial charge in [0.15, 0.2) is 18.2 Å². The number of aromatic nitrogens is 2. The van der Waals surface area contributed by atoms with Crippen molar-refractivity contribution in [3.05, 3.63) is 58.4 Å². The number of benzene rings is 1. The number of fused-ring (bicyclic) bond motifs is 2. The number of nitrogens with one attached hydrogen (secondary N) is 1. The summed E-state index contributed by atoms with van der Waals surface area (Å²) in [5, 5.41) is 13.0. The second kappa shape index (κ2) is 9.39. The van der Waals surface area contributed by atoms with Gasteiger partial charge in [0, 0.05) is 31.7 Å². The van der Waals surface area contributed by atoms with Gasteiger partial charge in [-0.25, -0.2) is 4.98 Å². The normalized spacial score (nSPS) is 20.3. The zero-order valence-corrected chi connectivity index (χ0v) is 19.6. The maximum absolute atomic E-state index is 12.6. The van der Waals surface area contributed by atoms with Gasteiger partial charge in [0.2, 0.25) is 0 Å². The third-order valence-corrected chi connectivity index (χ3v) is 7.23. The summed E-state index contributed by atoms with van der Waals surface area (Å²) in [6, 6.07) is 14.8. The first kappa shape index (κ1) is 22.9. The molecule has 3 N–H and O–H groups in total. The van der Waals surface area contributed by atoms with Crippen LogP contribution in [0.5, 0.6) is 5.75 Å². The second-order valence-electron chi connectivity index (χ2n) is 9.36. The number of rotatable bonds is 5. The van der Waals surface area contributed by atoms with Crippen LogP contribution in [0.3, 0.4) is 0 Å². The Hall–Kier alpha value is -3.90. The fourth-order valence-corrected chi connectivity index (χ4v) is 5.16. The number of nitriles is 1. The van der Waals surface area contributed by atoms with Gasteiger partial charge in [-0.1, -0.05) is 6.07 Å². The van der Waals surface area contributed by atoms with E-state index in [4.69, 9.17) is 10.5 Å². The van der Waals surface area contributed by atoms with Gasteiger partial charge >= 0.3 is 0 Å². The minimum Gasteiger partial charge on any atom is -0.480 e. The molecule has 1 aliphatic heterocycles. The van der Waals surface area contributed by atoms with E-state index in [1.807, 2.05) is 25.2 Å². The smallest absolute Gasteiger partial charge is 0.263 e. The maximum atomic E-state index is 12.6. The molecule has 1 aromatic carbocycles. The lowest BCUT2D eigenvalue weighted by molar-refractivity contribution is -0.118. The number of hydrogen-bond donors (Lipinski definition) is 2. The molecule has 3 aromatic rings. The zero-order valence-electron chi connectivity index (χ0n) is 19.6. The van der Waals surface area contributed by atoms with E-state index in [2.05, 4.69) is 21.3 Å². The molecule has 2 aromatic heterocycles. The van der Waals surface area contributed by atoms with Gasteiger partial charge in [-0.3, -0.25) is 9.59 Å². The zero-order chi connectivity index (χ0) is 24.5. The monoisotopic (exact) mass is 472 g/mol. The second-order valence-corrected chi connectivity index (χ2v) is 9.36. The van der Waals surface area contributed by atoms with E-state index in [9.17, 15) is 14.9 Å². The van der Waals surface area contributed by atoms with Crippen molar-refractivity contribution in [2.24, 2.45) is 11.7 Å². The Morgan fingerprint density at radius 3 is 2.74 bits per heavy atom. The van der Waals surface area contributed by atoms with Gasteiger partial charge < -0.3 is 25.3 Å². The number of carbonyl (C=O) groups is 1. The lowest BCUT2D eigenvalue weighted by atomic mass is 9.81. The summed E-state index contributed by atoms with van der Waals surface area (Å²) in [4.78, 5) is 31.0. The molecule has 0 bridgehead atoms. The molecule has 1 unspecified atom stereocenters. The molecule has 2 aliphatic rings. The van der Waals surface area contributed by atoms with E-state index < -0.39 is 0 Å². The molecule has 0 saturated heterocycles. The quantitative estimate of drug-likeness (QED) is 0.584. The van der Waals surface area contributed by atoms with Crippen molar-refractivity contribution in [3.8, 4) is 11.8 Å². The fraction of sp³-hybridized carbons (Fsp3) is 0.385. The molecule has 5 rings (SSSR count). The average molecular weight is 473 g/mol. The molecule has 3 heterocycles. The first-order valence-electron chi connectivity index (χ1n) is 11.9. The number of pyridine rings is 2. The number of ether oxygens (including phenoxy) is 1. The van der Waals surface area contributed by atoms with E-state index in [0.717, 1.165) is 42.4 Å². The number of hydrogen-bond acceptors (Lipinski definition) is 7.